The van der Waals surface area contributed by atoms with Crippen LogP contribution in [-0.4, -0.2) is 4.98 Å². The van der Waals surface area contributed by atoms with Gasteiger partial charge >= 0.3 is 0 Å². The number of nitrogens with zero attached hydrogens (tertiary/aromatic N) is 1. The van der Waals surface area contributed by atoms with E-state index in [2.05, 4.69) is 26.2 Å². The molecule has 2 aromatic rings. The van der Waals surface area contributed by atoms with Crippen molar-refractivity contribution in [2.75, 3.05) is 5.32 Å². The van der Waals surface area contributed by atoms with Gasteiger partial charge in [-0.3, -0.25) is 4.98 Å². The van der Waals surface area contributed by atoms with Gasteiger partial charge in [0.2, 0.25) is 0 Å². The first-order valence-corrected chi connectivity index (χ1v) is 6.07. The topological polar surface area (TPSA) is 24.9 Å². The number of benzene rings is 1. The Morgan fingerprint density at radius 3 is 2.82 bits per heavy atom. The molecule has 1 unspecified atom stereocenters. The number of pyridine rings is 1. The molecular weight excluding hydrogens is 283 g/mol. The van der Waals surface area contributed by atoms with Crippen LogP contribution in [0.4, 0.5) is 10.1 Å². The molecular formula is C13H12BrFN2. The van der Waals surface area contributed by atoms with Crippen molar-refractivity contribution in [3.8, 4) is 0 Å². The number of hydrogen-bond donors (Lipinski definition) is 1. The quantitative estimate of drug-likeness (QED) is 0.919. The molecule has 4 heteroatoms. The predicted octanol–water partition coefficient (Wildman–Crippen LogP) is 4.16. The van der Waals surface area contributed by atoms with Gasteiger partial charge in [-0.15, -0.1) is 0 Å². The van der Waals surface area contributed by atoms with Crippen LogP contribution in [-0.2, 0) is 0 Å². The monoisotopic (exact) mass is 294 g/mol. The van der Waals surface area contributed by atoms with Crippen LogP contribution in [0.15, 0.2) is 47.2 Å². The first-order chi connectivity index (χ1) is 8.16. The van der Waals surface area contributed by atoms with E-state index in [1.54, 1.807) is 18.3 Å². The Balaban J connectivity index is 2.13. The maximum Gasteiger partial charge on any atom is 0.137 e. The normalized spacial score (nSPS) is 12.2. The van der Waals surface area contributed by atoms with Gasteiger partial charge in [0, 0.05) is 18.1 Å². The van der Waals surface area contributed by atoms with Gasteiger partial charge in [-0.1, -0.05) is 6.07 Å². The predicted molar refractivity (Wildman–Crippen MR) is 70.4 cm³/mol. The summed E-state index contributed by atoms with van der Waals surface area (Å²) in [7, 11) is 0. The third-order valence-corrected chi connectivity index (χ3v) is 3.09. The standard InChI is InChI=1S/C13H12BrFN2/c1-9(10-3-2-6-16-8-10)17-11-4-5-13(15)12(14)7-11/h2-9,17H,1H3. The van der Waals surface area contributed by atoms with Gasteiger partial charge in [0.25, 0.3) is 0 Å². The van der Waals surface area contributed by atoms with Crippen molar-refractivity contribution in [2.24, 2.45) is 0 Å². The third kappa shape index (κ3) is 3.03. The second kappa shape index (κ2) is 5.27. The Bertz CT molecular complexity index is 502. The average molecular weight is 295 g/mol. The van der Waals surface area contributed by atoms with Gasteiger partial charge in [-0.05, 0) is 52.7 Å². The van der Waals surface area contributed by atoms with E-state index in [9.17, 15) is 4.39 Å². The number of aromatic nitrogens is 1. The van der Waals surface area contributed by atoms with Crippen molar-refractivity contribution in [1.82, 2.24) is 4.98 Å². The Labute approximate surface area is 108 Å². The molecule has 0 bridgehead atoms. The summed E-state index contributed by atoms with van der Waals surface area (Å²) < 4.78 is 13.5. The van der Waals surface area contributed by atoms with E-state index in [1.165, 1.54) is 6.07 Å². The minimum Gasteiger partial charge on any atom is -0.378 e. The molecule has 88 valence electrons. The highest BCUT2D eigenvalue weighted by Crippen LogP contribution is 2.23. The Morgan fingerprint density at radius 1 is 1.35 bits per heavy atom. The smallest absolute Gasteiger partial charge is 0.137 e. The van der Waals surface area contributed by atoms with E-state index >= 15 is 0 Å². The molecule has 0 saturated heterocycles. The Morgan fingerprint density at radius 2 is 2.18 bits per heavy atom. The van der Waals surface area contributed by atoms with E-state index in [4.69, 9.17) is 0 Å². The minimum atomic E-state index is -0.260. The number of hydrogen-bond acceptors (Lipinski definition) is 2. The van der Waals surface area contributed by atoms with Crippen LogP contribution in [0.3, 0.4) is 0 Å². The largest absolute Gasteiger partial charge is 0.378 e. The number of halogens is 2. The summed E-state index contributed by atoms with van der Waals surface area (Å²) >= 11 is 3.16. The molecule has 0 aliphatic heterocycles. The minimum absolute atomic E-state index is 0.126. The van der Waals surface area contributed by atoms with Crippen molar-refractivity contribution < 1.29 is 4.39 Å². The van der Waals surface area contributed by atoms with Crippen molar-refractivity contribution in [2.45, 2.75) is 13.0 Å². The highest BCUT2D eigenvalue weighted by atomic mass is 79.9. The Hall–Kier alpha value is -1.42. The maximum atomic E-state index is 13.1. The Kier molecular flexibility index (Phi) is 3.74. The third-order valence-electron chi connectivity index (χ3n) is 2.49. The number of nitrogens with one attached hydrogen (secondary N) is 1. The summed E-state index contributed by atoms with van der Waals surface area (Å²) in [6, 6.07) is 8.90. The molecule has 0 radical (unpaired) electrons. The summed E-state index contributed by atoms with van der Waals surface area (Å²) in [5.41, 5.74) is 1.96. The lowest BCUT2D eigenvalue weighted by molar-refractivity contribution is 0.621. The van der Waals surface area contributed by atoms with Gasteiger partial charge in [-0.2, -0.15) is 0 Å². The van der Waals surface area contributed by atoms with Gasteiger partial charge in [0.1, 0.15) is 5.82 Å². The number of anilines is 1. The van der Waals surface area contributed by atoms with Gasteiger partial charge in [-0.25, -0.2) is 4.39 Å². The molecule has 2 nitrogen and oxygen atoms in total. The summed E-state index contributed by atoms with van der Waals surface area (Å²) in [6.07, 6.45) is 3.56. The molecule has 0 aliphatic carbocycles. The van der Waals surface area contributed by atoms with Crippen LogP contribution >= 0.6 is 15.9 Å². The highest BCUT2D eigenvalue weighted by molar-refractivity contribution is 9.10. The summed E-state index contributed by atoms with van der Waals surface area (Å²) in [5, 5.41) is 3.29. The van der Waals surface area contributed by atoms with E-state index in [0.29, 0.717) is 4.47 Å². The lowest BCUT2D eigenvalue weighted by Crippen LogP contribution is -2.06. The van der Waals surface area contributed by atoms with Crippen molar-refractivity contribution >= 4 is 21.6 Å². The van der Waals surface area contributed by atoms with Crippen LogP contribution in [0.5, 0.6) is 0 Å². The molecule has 1 heterocycles. The molecule has 0 saturated carbocycles. The molecule has 0 aliphatic rings. The molecule has 1 aromatic heterocycles. The zero-order chi connectivity index (χ0) is 12.3. The van der Waals surface area contributed by atoms with Crippen molar-refractivity contribution in [1.29, 1.82) is 0 Å². The van der Waals surface area contributed by atoms with E-state index in [0.717, 1.165) is 11.3 Å². The first-order valence-electron chi connectivity index (χ1n) is 5.28. The zero-order valence-corrected chi connectivity index (χ0v) is 10.9. The van der Waals surface area contributed by atoms with Gasteiger partial charge in [0.15, 0.2) is 0 Å². The van der Waals surface area contributed by atoms with Crippen molar-refractivity contribution in [3.63, 3.8) is 0 Å². The molecule has 0 fully saturated rings. The maximum absolute atomic E-state index is 13.1. The SMILES string of the molecule is CC(Nc1ccc(F)c(Br)c1)c1cccnc1. The average Bonchev–Trinajstić information content (AvgIpc) is 2.35. The van der Waals surface area contributed by atoms with Crippen LogP contribution in [0.2, 0.25) is 0 Å². The van der Waals surface area contributed by atoms with Crippen LogP contribution in [0.1, 0.15) is 18.5 Å². The summed E-state index contributed by atoms with van der Waals surface area (Å²) in [5.74, 6) is -0.260. The number of rotatable bonds is 3. The van der Waals surface area contributed by atoms with Crippen LogP contribution in [0, 0.1) is 5.82 Å². The highest BCUT2D eigenvalue weighted by Gasteiger charge is 2.06. The molecule has 2 rings (SSSR count). The molecule has 1 atom stereocenters. The summed E-state index contributed by atoms with van der Waals surface area (Å²) in [6.45, 7) is 2.04. The lowest BCUT2D eigenvalue weighted by atomic mass is 10.1. The van der Waals surface area contributed by atoms with Gasteiger partial charge in [0.05, 0.1) is 10.5 Å². The fourth-order valence-electron chi connectivity index (χ4n) is 1.55. The molecule has 17 heavy (non-hydrogen) atoms. The zero-order valence-electron chi connectivity index (χ0n) is 9.32. The lowest BCUT2D eigenvalue weighted by Gasteiger charge is -2.15. The van der Waals surface area contributed by atoms with Crippen molar-refractivity contribution in [3.05, 3.63) is 58.6 Å². The fraction of sp³-hybridized carbons (Fsp3) is 0.154. The molecule has 0 spiro atoms. The van der Waals surface area contributed by atoms with Gasteiger partial charge < -0.3 is 5.32 Å². The van der Waals surface area contributed by atoms with E-state index < -0.39 is 0 Å². The van der Waals surface area contributed by atoms with Crippen LogP contribution < -0.4 is 5.32 Å². The molecule has 0 amide bonds. The van der Waals surface area contributed by atoms with E-state index in [1.807, 2.05) is 25.3 Å². The van der Waals surface area contributed by atoms with Crippen LogP contribution in [0.25, 0.3) is 0 Å². The fourth-order valence-corrected chi connectivity index (χ4v) is 1.93. The second-order valence-corrected chi connectivity index (χ2v) is 4.64. The molecule has 1 N–H and O–H groups in total. The second-order valence-electron chi connectivity index (χ2n) is 3.78. The summed E-state index contributed by atoms with van der Waals surface area (Å²) in [4.78, 5) is 4.07. The first kappa shape index (κ1) is 12.0. The molecule has 1 aromatic carbocycles. The van der Waals surface area contributed by atoms with E-state index in [-0.39, 0.29) is 11.9 Å².